The lowest BCUT2D eigenvalue weighted by Crippen LogP contribution is -2.34. The Morgan fingerprint density at radius 3 is 2.50 bits per heavy atom. The molecule has 1 aromatic carbocycles. The van der Waals surface area contributed by atoms with E-state index < -0.39 is 17.5 Å². The number of rotatable bonds is 3. The van der Waals surface area contributed by atoms with Crippen LogP contribution in [-0.4, -0.2) is 15.3 Å². The van der Waals surface area contributed by atoms with Crippen LogP contribution in [0.5, 0.6) is 5.75 Å². The zero-order valence-corrected chi connectivity index (χ0v) is 13.8. The van der Waals surface area contributed by atoms with Crippen molar-refractivity contribution in [2.75, 3.05) is 5.73 Å². The second kappa shape index (κ2) is 6.62. The molecule has 0 bridgehead atoms. The molecule has 0 aliphatic heterocycles. The van der Waals surface area contributed by atoms with Crippen LogP contribution >= 0.6 is 0 Å². The molecule has 0 spiro atoms. The quantitative estimate of drug-likeness (QED) is 0.703. The number of aromatic nitrogens is 3. The Bertz CT molecular complexity index is 917. The molecule has 26 heavy (non-hydrogen) atoms. The van der Waals surface area contributed by atoms with Gasteiger partial charge in [-0.25, -0.2) is 0 Å². The minimum atomic E-state index is -4.52. The molecule has 5 nitrogen and oxygen atoms in total. The van der Waals surface area contributed by atoms with E-state index in [0.717, 1.165) is 6.07 Å². The van der Waals surface area contributed by atoms with Crippen molar-refractivity contribution in [3.8, 4) is 17.0 Å². The first-order valence-corrected chi connectivity index (χ1v) is 7.72. The van der Waals surface area contributed by atoms with Crippen LogP contribution in [0.15, 0.2) is 48.8 Å². The molecule has 0 aliphatic carbocycles. The number of phenols is 1. The number of halogens is 3. The highest BCUT2D eigenvalue weighted by molar-refractivity contribution is 5.71. The van der Waals surface area contributed by atoms with Crippen LogP contribution in [0.25, 0.3) is 11.3 Å². The molecule has 8 heteroatoms. The summed E-state index contributed by atoms with van der Waals surface area (Å²) in [7, 11) is 0. The Balaban J connectivity index is 1.89. The van der Waals surface area contributed by atoms with Crippen molar-refractivity contribution in [2.24, 2.45) is 0 Å². The maximum absolute atomic E-state index is 12.8. The Hall–Kier alpha value is -3.16. The fourth-order valence-electron chi connectivity index (χ4n) is 2.67. The van der Waals surface area contributed by atoms with Gasteiger partial charge in [0.05, 0.1) is 16.9 Å². The standard InChI is InChI=1S/C18H15F3N4O/c1-11-7-12(18(19,20)21)8-16(26)17(11)15-5-4-14(23-24-15)10-25-6-2-3-13(22)9-25/h2-9H,10,22H2,1H3/p+1. The van der Waals surface area contributed by atoms with E-state index in [-0.39, 0.29) is 11.1 Å². The first-order chi connectivity index (χ1) is 12.2. The molecule has 0 amide bonds. The Morgan fingerprint density at radius 1 is 1.15 bits per heavy atom. The Labute approximate surface area is 147 Å². The average Bonchev–Trinajstić information content (AvgIpc) is 2.55. The molecule has 0 aliphatic rings. The first kappa shape index (κ1) is 17.7. The fourth-order valence-corrected chi connectivity index (χ4v) is 2.67. The third kappa shape index (κ3) is 3.74. The number of phenolic OH excluding ortho intramolecular Hbond substituents is 1. The highest BCUT2D eigenvalue weighted by atomic mass is 19.4. The summed E-state index contributed by atoms with van der Waals surface area (Å²) in [6.45, 7) is 1.93. The summed E-state index contributed by atoms with van der Waals surface area (Å²) in [6.07, 6.45) is -0.940. The van der Waals surface area contributed by atoms with Gasteiger partial charge in [-0.1, -0.05) is 0 Å². The van der Waals surface area contributed by atoms with Gasteiger partial charge < -0.3 is 10.8 Å². The number of anilines is 1. The summed E-state index contributed by atoms with van der Waals surface area (Å²) in [5, 5.41) is 18.2. The van der Waals surface area contributed by atoms with E-state index in [9.17, 15) is 18.3 Å². The van der Waals surface area contributed by atoms with Crippen LogP contribution in [-0.2, 0) is 12.7 Å². The van der Waals surface area contributed by atoms with E-state index in [0.29, 0.717) is 29.7 Å². The molecule has 134 valence electrons. The molecule has 0 radical (unpaired) electrons. The topological polar surface area (TPSA) is 75.9 Å². The number of hydrogen-bond donors (Lipinski definition) is 2. The largest absolute Gasteiger partial charge is 0.507 e. The fraction of sp³-hybridized carbons (Fsp3) is 0.167. The van der Waals surface area contributed by atoms with Crippen molar-refractivity contribution < 1.29 is 22.8 Å². The van der Waals surface area contributed by atoms with Crippen molar-refractivity contribution in [2.45, 2.75) is 19.6 Å². The molecular formula is C18H16F3N4O+. The van der Waals surface area contributed by atoms with Gasteiger partial charge >= 0.3 is 6.18 Å². The Kier molecular flexibility index (Phi) is 4.50. The van der Waals surface area contributed by atoms with Crippen molar-refractivity contribution in [3.63, 3.8) is 0 Å². The minimum Gasteiger partial charge on any atom is -0.507 e. The summed E-state index contributed by atoms with van der Waals surface area (Å²) < 4.78 is 40.3. The molecule has 0 saturated heterocycles. The van der Waals surface area contributed by atoms with Gasteiger partial charge in [-0.05, 0) is 42.8 Å². The van der Waals surface area contributed by atoms with E-state index in [4.69, 9.17) is 5.73 Å². The number of nitrogens with two attached hydrogens (primary N) is 1. The number of aryl methyl sites for hydroxylation is 1. The molecule has 2 heterocycles. The predicted octanol–water partition coefficient (Wildman–Crippen LogP) is 3.09. The monoisotopic (exact) mass is 361 g/mol. The van der Waals surface area contributed by atoms with Crippen LogP contribution in [0.4, 0.5) is 18.9 Å². The summed E-state index contributed by atoms with van der Waals surface area (Å²) in [5.41, 5.74) is 6.88. The smallest absolute Gasteiger partial charge is 0.416 e. The Morgan fingerprint density at radius 2 is 1.92 bits per heavy atom. The lowest BCUT2D eigenvalue weighted by Gasteiger charge is -2.12. The average molecular weight is 361 g/mol. The molecule has 3 aromatic rings. The number of pyridine rings is 1. The number of benzene rings is 1. The molecule has 0 saturated carbocycles. The summed E-state index contributed by atoms with van der Waals surface area (Å²) in [5.74, 6) is -0.482. The highest BCUT2D eigenvalue weighted by Gasteiger charge is 2.32. The number of aromatic hydroxyl groups is 1. The lowest BCUT2D eigenvalue weighted by atomic mass is 10.0. The third-order valence-electron chi connectivity index (χ3n) is 3.84. The summed E-state index contributed by atoms with van der Waals surface area (Å²) in [6, 6.07) is 8.56. The number of nitrogens with zero attached hydrogens (tertiary/aromatic N) is 3. The van der Waals surface area contributed by atoms with Gasteiger partial charge in [0.15, 0.2) is 18.9 Å². The molecule has 0 fully saturated rings. The van der Waals surface area contributed by atoms with Crippen molar-refractivity contribution in [1.29, 1.82) is 0 Å². The van der Waals surface area contributed by atoms with E-state index in [1.165, 1.54) is 6.92 Å². The summed E-state index contributed by atoms with van der Waals surface area (Å²) in [4.78, 5) is 0. The zero-order chi connectivity index (χ0) is 18.9. The zero-order valence-electron chi connectivity index (χ0n) is 13.8. The lowest BCUT2D eigenvalue weighted by molar-refractivity contribution is -0.688. The van der Waals surface area contributed by atoms with Gasteiger partial charge in [0.25, 0.3) is 0 Å². The van der Waals surface area contributed by atoms with Crippen molar-refractivity contribution >= 4 is 5.69 Å². The molecule has 2 aromatic heterocycles. The van der Waals surface area contributed by atoms with Crippen molar-refractivity contribution in [3.05, 3.63) is 65.6 Å². The number of alkyl halides is 3. The normalized spacial score (nSPS) is 11.5. The van der Waals surface area contributed by atoms with Crippen molar-refractivity contribution in [1.82, 2.24) is 10.2 Å². The van der Waals surface area contributed by atoms with Crippen LogP contribution in [0.3, 0.4) is 0 Å². The van der Waals surface area contributed by atoms with Gasteiger partial charge in [-0.3, -0.25) is 0 Å². The predicted molar refractivity (Wildman–Crippen MR) is 89.0 cm³/mol. The maximum Gasteiger partial charge on any atom is 0.416 e. The van der Waals surface area contributed by atoms with E-state index in [1.807, 2.05) is 10.8 Å². The van der Waals surface area contributed by atoms with E-state index >= 15 is 0 Å². The molecule has 0 atom stereocenters. The SMILES string of the molecule is Cc1cc(C(F)(F)F)cc(O)c1-c1ccc(C[n+]2cccc(N)c2)nn1. The van der Waals surface area contributed by atoms with Gasteiger partial charge in [0.1, 0.15) is 11.4 Å². The number of nitrogen functional groups attached to an aromatic ring is 1. The van der Waals surface area contributed by atoms with Gasteiger partial charge in [-0.2, -0.15) is 17.7 Å². The summed E-state index contributed by atoms with van der Waals surface area (Å²) >= 11 is 0. The minimum absolute atomic E-state index is 0.230. The highest BCUT2D eigenvalue weighted by Crippen LogP contribution is 2.38. The molecule has 3 N–H and O–H groups in total. The van der Waals surface area contributed by atoms with Crippen LogP contribution < -0.4 is 10.3 Å². The van der Waals surface area contributed by atoms with E-state index in [1.54, 1.807) is 30.5 Å². The van der Waals surface area contributed by atoms with Crippen LogP contribution in [0.2, 0.25) is 0 Å². The molecular weight excluding hydrogens is 345 g/mol. The van der Waals surface area contributed by atoms with Crippen LogP contribution in [0, 0.1) is 6.92 Å². The van der Waals surface area contributed by atoms with E-state index in [2.05, 4.69) is 10.2 Å². The van der Waals surface area contributed by atoms with Gasteiger partial charge in [0.2, 0.25) is 0 Å². The third-order valence-corrected chi connectivity index (χ3v) is 3.84. The first-order valence-electron chi connectivity index (χ1n) is 7.72. The maximum atomic E-state index is 12.8. The second-order valence-electron chi connectivity index (χ2n) is 5.90. The number of hydrogen-bond acceptors (Lipinski definition) is 4. The second-order valence-corrected chi connectivity index (χ2v) is 5.90. The molecule has 3 rings (SSSR count). The van der Waals surface area contributed by atoms with Crippen LogP contribution in [0.1, 0.15) is 16.8 Å². The van der Waals surface area contributed by atoms with Gasteiger partial charge in [-0.15, -0.1) is 10.2 Å². The van der Waals surface area contributed by atoms with Gasteiger partial charge in [0, 0.05) is 11.6 Å². The molecule has 0 unspecified atom stereocenters.